The van der Waals surface area contributed by atoms with E-state index in [4.69, 9.17) is 10.2 Å². The largest absolute Gasteiger partial charge is 2.00 e. The Bertz CT molecular complexity index is 252. The molecule has 0 aromatic rings. The molecule has 0 aliphatic carbocycles. The van der Waals surface area contributed by atoms with Gasteiger partial charge < -0.3 is 20.7 Å². The number of carboxylic acids is 2. The number of carbonyl (C=O) groups is 3. The molecule has 2 N–H and O–H groups in total. The molecule has 0 radical (unpaired) electrons. The van der Waals surface area contributed by atoms with Crippen molar-refractivity contribution >= 4 is 64.0 Å². The van der Waals surface area contributed by atoms with Gasteiger partial charge in [0.05, 0.1) is 0 Å². The summed E-state index contributed by atoms with van der Waals surface area (Å²) in [5.41, 5.74) is -2.49. The van der Waals surface area contributed by atoms with E-state index in [0.717, 1.165) is 6.92 Å². The van der Waals surface area contributed by atoms with Crippen LogP contribution in [0.3, 0.4) is 0 Å². The zero-order valence-electron chi connectivity index (χ0n) is 12.6. The summed E-state index contributed by atoms with van der Waals surface area (Å²) in [7, 11) is 0. The van der Waals surface area contributed by atoms with Crippen molar-refractivity contribution < 1.29 is 35.0 Å². The van der Waals surface area contributed by atoms with Crippen molar-refractivity contribution in [2.45, 2.75) is 25.9 Å². The molecular weight excluding hydrogens is 229 g/mol. The van der Waals surface area contributed by atoms with Gasteiger partial charge in [0.15, 0.2) is 0 Å². The molecule has 0 saturated carbocycles. The molecule has 0 atom stereocenters. The SMILES string of the molecule is CCC(=O)OC(C)(C(=O)O)C(=O)O.[H-].[H-].[H-].[H-].[Mg+2].[Mg+2]. The van der Waals surface area contributed by atoms with Crippen molar-refractivity contribution in [3.63, 3.8) is 0 Å². The molecule has 6 nitrogen and oxygen atoms in total. The number of rotatable bonds is 4. The average Bonchev–Trinajstić information content (AvgIpc) is 2.03. The molecule has 8 heteroatoms. The number of aliphatic carboxylic acids is 2. The van der Waals surface area contributed by atoms with Crippen LogP contribution in [-0.2, 0) is 19.1 Å². The molecule has 0 bridgehead atoms. The summed E-state index contributed by atoms with van der Waals surface area (Å²) in [6, 6.07) is 0. The Kier molecular flexibility index (Phi) is 11.0. The minimum atomic E-state index is -2.49. The molecule has 0 amide bonds. The second-order valence-corrected chi connectivity index (χ2v) is 2.47. The maximum Gasteiger partial charge on any atom is 2.00 e. The van der Waals surface area contributed by atoms with Crippen molar-refractivity contribution in [1.82, 2.24) is 0 Å². The number of carboxylic acid groups (broad SMARTS) is 2. The normalized spacial score (nSPS) is 9.20. The summed E-state index contributed by atoms with van der Waals surface area (Å²) in [6.45, 7) is 2.25. The van der Waals surface area contributed by atoms with Gasteiger partial charge in [-0.05, 0) is 6.92 Å². The molecule has 0 aromatic heterocycles. The first-order valence-electron chi connectivity index (χ1n) is 3.53. The molecule has 0 spiro atoms. The van der Waals surface area contributed by atoms with E-state index < -0.39 is 23.5 Å². The molecular formula is C7H14Mg2O6. The first-order chi connectivity index (χ1) is 5.84. The molecule has 0 rings (SSSR count). The third-order valence-corrected chi connectivity index (χ3v) is 1.42. The molecule has 0 aliphatic rings. The smallest absolute Gasteiger partial charge is 1.00 e. The Hall–Kier alpha value is -0.0575. The van der Waals surface area contributed by atoms with E-state index in [9.17, 15) is 14.4 Å². The zero-order chi connectivity index (χ0) is 10.6. The maximum atomic E-state index is 10.7. The van der Waals surface area contributed by atoms with Gasteiger partial charge >= 0.3 is 69.6 Å². The second-order valence-electron chi connectivity index (χ2n) is 2.47. The predicted octanol–water partition coefficient (Wildman–Crippen LogP) is -0.444. The summed E-state index contributed by atoms with van der Waals surface area (Å²) in [6.07, 6.45) is -0.0733. The van der Waals surface area contributed by atoms with E-state index in [1.54, 1.807) is 0 Å². The average molecular weight is 243 g/mol. The molecule has 82 valence electrons. The van der Waals surface area contributed by atoms with Gasteiger partial charge in [-0.1, -0.05) is 6.92 Å². The van der Waals surface area contributed by atoms with E-state index >= 15 is 0 Å². The van der Waals surface area contributed by atoms with Crippen molar-refractivity contribution in [3.8, 4) is 0 Å². The van der Waals surface area contributed by atoms with Crippen molar-refractivity contribution in [2.24, 2.45) is 0 Å². The first-order valence-corrected chi connectivity index (χ1v) is 3.53. The minimum Gasteiger partial charge on any atom is -1.00 e. The summed E-state index contributed by atoms with van der Waals surface area (Å²) >= 11 is 0. The monoisotopic (exact) mass is 242 g/mol. The number of carbonyl (C=O) groups excluding carboxylic acids is 1. The fourth-order valence-electron chi connectivity index (χ4n) is 0.479. The van der Waals surface area contributed by atoms with E-state index in [2.05, 4.69) is 4.74 Å². The molecule has 0 fully saturated rings. The van der Waals surface area contributed by atoms with Crippen LogP contribution in [0.1, 0.15) is 26.0 Å². The van der Waals surface area contributed by atoms with Crippen LogP contribution in [-0.4, -0.2) is 79.8 Å². The maximum absolute atomic E-state index is 10.7. The van der Waals surface area contributed by atoms with Crippen molar-refractivity contribution in [1.29, 1.82) is 0 Å². The van der Waals surface area contributed by atoms with Crippen molar-refractivity contribution in [2.75, 3.05) is 0 Å². The van der Waals surface area contributed by atoms with Crippen LogP contribution < -0.4 is 0 Å². The van der Waals surface area contributed by atoms with E-state index in [0.29, 0.717) is 0 Å². The van der Waals surface area contributed by atoms with Crippen LogP contribution in [0.4, 0.5) is 0 Å². The van der Waals surface area contributed by atoms with Crippen LogP contribution >= 0.6 is 0 Å². The molecule has 0 heterocycles. The van der Waals surface area contributed by atoms with Gasteiger partial charge in [-0.25, -0.2) is 9.59 Å². The predicted molar refractivity (Wildman–Crippen MR) is 56.0 cm³/mol. The molecule has 0 unspecified atom stereocenters. The van der Waals surface area contributed by atoms with Gasteiger partial charge in [-0.2, -0.15) is 0 Å². The van der Waals surface area contributed by atoms with E-state index in [1.165, 1.54) is 6.92 Å². The zero-order valence-corrected chi connectivity index (χ0v) is 11.5. The number of hydrogen-bond donors (Lipinski definition) is 2. The van der Waals surface area contributed by atoms with Gasteiger partial charge in [0.25, 0.3) is 0 Å². The number of esters is 1. The van der Waals surface area contributed by atoms with Gasteiger partial charge in [-0.15, -0.1) is 0 Å². The van der Waals surface area contributed by atoms with Crippen LogP contribution in [0.5, 0.6) is 0 Å². The fourth-order valence-corrected chi connectivity index (χ4v) is 0.479. The molecule has 0 aromatic carbocycles. The standard InChI is InChI=1S/C7H10O6.2Mg.4H/c1-3-4(8)13-7(2,5(9)10)6(11)12;;;;;;/h3H2,1-2H3,(H,9,10)(H,11,12);;;;;;/q;2*+2;4*-1. The summed E-state index contributed by atoms with van der Waals surface area (Å²) < 4.78 is 4.27. The van der Waals surface area contributed by atoms with Gasteiger partial charge in [-0.3, -0.25) is 4.79 Å². The second kappa shape index (κ2) is 8.14. The van der Waals surface area contributed by atoms with Crippen LogP contribution in [0.25, 0.3) is 0 Å². The number of hydrogen-bond acceptors (Lipinski definition) is 4. The Morgan fingerprint density at radius 3 is 1.73 bits per heavy atom. The Balaban J connectivity index is -0.0000000480. The van der Waals surface area contributed by atoms with Crippen LogP contribution in [0, 0.1) is 0 Å². The topological polar surface area (TPSA) is 101 Å². The first kappa shape index (κ1) is 20.4. The number of ether oxygens (including phenoxy) is 1. The Morgan fingerprint density at radius 2 is 1.53 bits per heavy atom. The quantitative estimate of drug-likeness (QED) is 0.394. The Labute approximate surface area is 125 Å². The third kappa shape index (κ3) is 5.54. The van der Waals surface area contributed by atoms with Crippen LogP contribution in [0.15, 0.2) is 0 Å². The van der Waals surface area contributed by atoms with E-state index in [-0.39, 0.29) is 58.2 Å². The summed E-state index contributed by atoms with van der Waals surface area (Å²) in [5, 5.41) is 17.0. The van der Waals surface area contributed by atoms with E-state index in [1.807, 2.05) is 0 Å². The summed E-state index contributed by atoms with van der Waals surface area (Å²) in [5.74, 6) is -4.28. The van der Waals surface area contributed by atoms with Crippen molar-refractivity contribution in [3.05, 3.63) is 0 Å². The Morgan fingerprint density at radius 1 is 1.20 bits per heavy atom. The van der Waals surface area contributed by atoms with Gasteiger partial charge in [0.2, 0.25) is 0 Å². The fraction of sp³-hybridized carbons (Fsp3) is 0.571. The minimum absolute atomic E-state index is 0. The molecule has 0 saturated heterocycles. The van der Waals surface area contributed by atoms with Gasteiger partial charge in [0.1, 0.15) is 0 Å². The third-order valence-electron chi connectivity index (χ3n) is 1.42. The molecule has 0 aliphatic heterocycles. The molecule has 15 heavy (non-hydrogen) atoms. The summed E-state index contributed by atoms with van der Waals surface area (Å²) in [4.78, 5) is 31.6. The van der Waals surface area contributed by atoms with Crippen LogP contribution in [0.2, 0.25) is 0 Å². The van der Waals surface area contributed by atoms with Gasteiger partial charge in [0, 0.05) is 6.42 Å².